The van der Waals surface area contributed by atoms with Crippen molar-refractivity contribution >= 4 is 11.6 Å². The van der Waals surface area contributed by atoms with Gasteiger partial charge in [0.1, 0.15) is 17.5 Å². The van der Waals surface area contributed by atoms with E-state index in [2.05, 4.69) is 34.4 Å². The van der Waals surface area contributed by atoms with Gasteiger partial charge >= 0.3 is 0 Å². The predicted molar refractivity (Wildman–Crippen MR) is 80.2 cm³/mol. The smallest absolute Gasteiger partial charge is 0.135 e. The molecular weight excluding hydrogens is 252 g/mol. The summed E-state index contributed by atoms with van der Waals surface area (Å²) in [6.45, 7) is 5.09. The molecule has 0 radical (unpaired) electrons. The SMILES string of the molecule is CNc1cc(NC2CCOC2C2CC2)nc(C(C)C)n1. The Morgan fingerprint density at radius 1 is 1.20 bits per heavy atom. The summed E-state index contributed by atoms with van der Waals surface area (Å²) >= 11 is 0. The maximum atomic E-state index is 5.87. The molecule has 2 heterocycles. The molecule has 2 fully saturated rings. The monoisotopic (exact) mass is 276 g/mol. The van der Waals surface area contributed by atoms with Gasteiger partial charge in [-0.1, -0.05) is 13.8 Å². The number of hydrogen-bond acceptors (Lipinski definition) is 5. The number of anilines is 2. The topological polar surface area (TPSA) is 59.1 Å². The van der Waals surface area contributed by atoms with Crippen LogP contribution in [0, 0.1) is 5.92 Å². The molecule has 0 bridgehead atoms. The Morgan fingerprint density at radius 2 is 1.95 bits per heavy atom. The normalized spacial score (nSPS) is 26.0. The third kappa shape index (κ3) is 2.87. The fourth-order valence-electron chi connectivity index (χ4n) is 2.77. The summed E-state index contributed by atoms with van der Waals surface area (Å²) in [4.78, 5) is 9.14. The Kier molecular flexibility index (Phi) is 3.78. The van der Waals surface area contributed by atoms with Crippen LogP contribution in [0.3, 0.4) is 0 Å². The van der Waals surface area contributed by atoms with Gasteiger partial charge in [-0.3, -0.25) is 0 Å². The number of nitrogens with one attached hydrogen (secondary N) is 2. The summed E-state index contributed by atoms with van der Waals surface area (Å²) in [7, 11) is 1.89. The molecule has 2 unspecified atom stereocenters. The van der Waals surface area contributed by atoms with Crippen LogP contribution in [0.5, 0.6) is 0 Å². The van der Waals surface area contributed by atoms with Gasteiger partial charge in [-0.25, -0.2) is 9.97 Å². The molecule has 5 nitrogen and oxygen atoms in total. The van der Waals surface area contributed by atoms with Crippen LogP contribution in [0.2, 0.25) is 0 Å². The van der Waals surface area contributed by atoms with Gasteiger partial charge in [-0.2, -0.15) is 0 Å². The third-order valence-electron chi connectivity index (χ3n) is 4.07. The highest BCUT2D eigenvalue weighted by Gasteiger charge is 2.40. The summed E-state index contributed by atoms with van der Waals surface area (Å²) < 4.78 is 5.87. The highest BCUT2D eigenvalue weighted by molar-refractivity contribution is 5.48. The Morgan fingerprint density at radius 3 is 2.60 bits per heavy atom. The molecule has 1 aromatic rings. The van der Waals surface area contributed by atoms with E-state index < -0.39 is 0 Å². The van der Waals surface area contributed by atoms with Crippen LogP contribution < -0.4 is 10.6 Å². The van der Waals surface area contributed by atoms with Gasteiger partial charge in [0, 0.05) is 25.6 Å². The standard InChI is InChI=1S/C15H24N4O/c1-9(2)15-18-12(16-3)8-13(19-15)17-11-6-7-20-14(11)10-4-5-10/h8-11,14H,4-7H2,1-3H3,(H2,16,17,18,19). The third-order valence-corrected chi connectivity index (χ3v) is 4.07. The quantitative estimate of drug-likeness (QED) is 0.865. The predicted octanol–water partition coefficient (Wildman–Crippen LogP) is 2.62. The van der Waals surface area contributed by atoms with Crippen LogP contribution in [0.1, 0.15) is 44.9 Å². The van der Waals surface area contributed by atoms with Crippen molar-refractivity contribution in [1.29, 1.82) is 0 Å². The summed E-state index contributed by atoms with van der Waals surface area (Å²) in [6, 6.07) is 2.37. The van der Waals surface area contributed by atoms with Crippen LogP contribution in [0.4, 0.5) is 11.6 Å². The minimum Gasteiger partial charge on any atom is -0.376 e. The average molecular weight is 276 g/mol. The molecule has 20 heavy (non-hydrogen) atoms. The van der Waals surface area contributed by atoms with Gasteiger partial charge in [0.25, 0.3) is 0 Å². The number of ether oxygens (including phenoxy) is 1. The van der Waals surface area contributed by atoms with Crippen LogP contribution >= 0.6 is 0 Å². The summed E-state index contributed by atoms with van der Waals surface area (Å²) in [6.07, 6.45) is 4.06. The lowest BCUT2D eigenvalue weighted by Crippen LogP contribution is -2.31. The van der Waals surface area contributed by atoms with Crippen molar-refractivity contribution in [3.8, 4) is 0 Å². The Labute approximate surface area is 120 Å². The van der Waals surface area contributed by atoms with Gasteiger partial charge in [0.05, 0.1) is 12.1 Å². The fraction of sp³-hybridized carbons (Fsp3) is 0.733. The number of aromatic nitrogens is 2. The molecule has 3 rings (SSSR count). The Hall–Kier alpha value is -1.36. The summed E-state index contributed by atoms with van der Waals surface area (Å²) in [5.74, 6) is 3.73. The van der Waals surface area contributed by atoms with E-state index in [-0.39, 0.29) is 0 Å². The fourth-order valence-corrected chi connectivity index (χ4v) is 2.77. The van der Waals surface area contributed by atoms with Crippen molar-refractivity contribution in [1.82, 2.24) is 9.97 Å². The number of hydrogen-bond donors (Lipinski definition) is 2. The molecule has 0 aromatic carbocycles. The maximum Gasteiger partial charge on any atom is 0.135 e. The second-order valence-corrected chi connectivity index (χ2v) is 6.11. The van der Waals surface area contributed by atoms with E-state index in [1.165, 1.54) is 12.8 Å². The number of rotatable bonds is 5. The van der Waals surface area contributed by atoms with Crippen LogP contribution in [-0.2, 0) is 4.74 Å². The minimum absolute atomic E-state index is 0.322. The van der Waals surface area contributed by atoms with E-state index in [9.17, 15) is 0 Å². The van der Waals surface area contributed by atoms with E-state index in [0.29, 0.717) is 18.1 Å². The van der Waals surface area contributed by atoms with Gasteiger partial charge in [0.15, 0.2) is 0 Å². The molecule has 5 heteroatoms. The second-order valence-electron chi connectivity index (χ2n) is 6.11. The first-order valence-corrected chi connectivity index (χ1v) is 7.62. The lowest BCUT2D eigenvalue weighted by atomic mass is 10.1. The van der Waals surface area contributed by atoms with Crippen LogP contribution in [-0.4, -0.2) is 35.8 Å². The van der Waals surface area contributed by atoms with E-state index in [4.69, 9.17) is 4.74 Å². The van der Waals surface area contributed by atoms with E-state index >= 15 is 0 Å². The van der Waals surface area contributed by atoms with Crippen molar-refractivity contribution in [2.24, 2.45) is 5.92 Å². The molecule has 1 saturated carbocycles. The van der Waals surface area contributed by atoms with Gasteiger partial charge < -0.3 is 15.4 Å². The Balaban J connectivity index is 1.77. The van der Waals surface area contributed by atoms with E-state index in [0.717, 1.165) is 36.4 Å². The molecule has 1 aliphatic heterocycles. The zero-order valence-electron chi connectivity index (χ0n) is 12.5. The van der Waals surface area contributed by atoms with Gasteiger partial charge in [0.2, 0.25) is 0 Å². The molecule has 0 amide bonds. The molecule has 1 saturated heterocycles. The van der Waals surface area contributed by atoms with Gasteiger partial charge in [-0.05, 0) is 25.2 Å². The average Bonchev–Trinajstić information content (AvgIpc) is 3.19. The second kappa shape index (κ2) is 5.56. The molecule has 2 aliphatic rings. The first-order chi connectivity index (χ1) is 9.67. The first kappa shape index (κ1) is 13.6. The number of nitrogens with zero attached hydrogens (tertiary/aromatic N) is 2. The lowest BCUT2D eigenvalue weighted by Gasteiger charge is -2.21. The van der Waals surface area contributed by atoms with Crippen LogP contribution in [0.25, 0.3) is 0 Å². The maximum absolute atomic E-state index is 5.87. The van der Waals surface area contributed by atoms with Crippen molar-refractivity contribution in [2.45, 2.75) is 51.2 Å². The molecule has 1 aliphatic carbocycles. The van der Waals surface area contributed by atoms with Crippen LogP contribution in [0.15, 0.2) is 6.07 Å². The molecule has 0 spiro atoms. The van der Waals surface area contributed by atoms with Crippen molar-refractivity contribution < 1.29 is 4.74 Å². The lowest BCUT2D eigenvalue weighted by molar-refractivity contribution is 0.0898. The molecule has 2 atom stereocenters. The largest absolute Gasteiger partial charge is 0.376 e. The van der Waals surface area contributed by atoms with Crippen molar-refractivity contribution in [3.63, 3.8) is 0 Å². The minimum atomic E-state index is 0.322. The summed E-state index contributed by atoms with van der Waals surface area (Å²) in [5, 5.41) is 6.68. The zero-order valence-corrected chi connectivity index (χ0v) is 12.5. The highest BCUT2D eigenvalue weighted by atomic mass is 16.5. The highest BCUT2D eigenvalue weighted by Crippen LogP contribution is 2.39. The van der Waals surface area contributed by atoms with Crippen molar-refractivity contribution in [2.75, 3.05) is 24.3 Å². The molecule has 2 N–H and O–H groups in total. The van der Waals surface area contributed by atoms with E-state index in [1.807, 2.05) is 13.1 Å². The first-order valence-electron chi connectivity index (χ1n) is 7.62. The molecule has 110 valence electrons. The van der Waals surface area contributed by atoms with Crippen molar-refractivity contribution in [3.05, 3.63) is 11.9 Å². The molecule has 1 aromatic heterocycles. The van der Waals surface area contributed by atoms with Gasteiger partial charge in [-0.15, -0.1) is 0 Å². The zero-order chi connectivity index (χ0) is 14.1. The Bertz CT molecular complexity index is 473. The summed E-state index contributed by atoms with van der Waals surface area (Å²) in [5.41, 5.74) is 0. The van der Waals surface area contributed by atoms with E-state index in [1.54, 1.807) is 0 Å². The molecular formula is C15H24N4O.